The van der Waals surface area contributed by atoms with Gasteiger partial charge in [0.05, 0.1) is 40.4 Å². The number of benzene rings is 1. The number of hydrogen-bond donors (Lipinski definition) is 3. The molecule has 5 nitrogen and oxygen atoms in total. The van der Waals surface area contributed by atoms with Gasteiger partial charge in [0, 0.05) is 18.2 Å². The molecule has 0 fully saturated rings. The summed E-state index contributed by atoms with van der Waals surface area (Å²) in [6.07, 6.45) is 0.907. The quantitative estimate of drug-likeness (QED) is 0.697. The van der Waals surface area contributed by atoms with E-state index in [9.17, 15) is 0 Å². The van der Waals surface area contributed by atoms with Crippen molar-refractivity contribution in [1.29, 1.82) is 0 Å². The second kappa shape index (κ2) is 7.31. The lowest BCUT2D eigenvalue weighted by molar-refractivity contribution is -0.856. The van der Waals surface area contributed by atoms with Crippen molar-refractivity contribution in [1.82, 2.24) is 5.32 Å². The van der Waals surface area contributed by atoms with E-state index in [0.29, 0.717) is 18.3 Å². The van der Waals surface area contributed by atoms with Crippen molar-refractivity contribution in [3.05, 3.63) is 18.2 Å². The van der Waals surface area contributed by atoms with E-state index in [2.05, 4.69) is 24.7 Å². The Balaban J connectivity index is 1.89. The molecule has 110 valence electrons. The Labute approximate surface area is 125 Å². The highest BCUT2D eigenvalue weighted by Gasteiger charge is 2.11. The van der Waals surface area contributed by atoms with Crippen LogP contribution in [-0.4, -0.2) is 45.5 Å². The molecular weight excluding hydrogens is 274 g/mol. The summed E-state index contributed by atoms with van der Waals surface area (Å²) >= 11 is 5.27. The van der Waals surface area contributed by atoms with Crippen LogP contribution in [0.3, 0.4) is 0 Å². The van der Waals surface area contributed by atoms with E-state index < -0.39 is 0 Å². The Morgan fingerprint density at radius 3 is 2.75 bits per heavy atom. The summed E-state index contributed by atoms with van der Waals surface area (Å²) in [5.41, 5.74) is 0.906. The van der Waals surface area contributed by atoms with E-state index >= 15 is 0 Å². The van der Waals surface area contributed by atoms with Crippen LogP contribution in [0, 0.1) is 0 Å². The molecule has 0 aliphatic carbocycles. The molecule has 0 aromatic heterocycles. The van der Waals surface area contributed by atoms with Gasteiger partial charge in [-0.2, -0.15) is 0 Å². The number of nitrogens with one attached hydrogen (secondary N) is 3. The number of likely N-dealkylation sites (N-methyl/N-ethyl adjacent to an activating group) is 1. The topological polar surface area (TPSA) is 47.0 Å². The summed E-state index contributed by atoms with van der Waals surface area (Å²) in [4.78, 5) is 1.39. The zero-order valence-electron chi connectivity index (χ0n) is 12.0. The molecule has 1 aromatic carbocycles. The lowest BCUT2D eigenvalue weighted by atomic mass is 10.3. The molecule has 20 heavy (non-hydrogen) atoms. The van der Waals surface area contributed by atoms with E-state index in [-0.39, 0.29) is 0 Å². The van der Waals surface area contributed by atoms with Crippen LogP contribution in [0.1, 0.15) is 6.42 Å². The van der Waals surface area contributed by atoms with Gasteiger partial charge in [-0.1, -0.05) is 0 Å². The van der Waals surface area contributed by atoms with Gasteiger partial charge in [-0.15, -0.1) is 0 Å². The highest BCUT2D eigenvalue weighted by atomic mass is 32.1. The first kappa shape index (κ1) is 14.9. The third kappa shape index (κ3) is 4.54. The van der Waals surface area contributed by atoms with Crippen molar-refractivity contribution in [2.45, 2.75) is 6.42 Å². The van der Waals surface area contributed by atoms with Gasteiger partial charge >= 0.3 is 0 Å². The third-order valence-electron chi connectivity index (χ3n) is 2.92. The molecule has 0 radical (unpaired) electrons. The lowest BCUT2D eigenvalue weighted by Gasteiger charge is -2.13. The average molecular weight is 296 g/mol. The van der Waals surface area contributed by atoms with Crippen LogP contribution in [0.4, 0.5) is 5.69 Å². The molecule has 2 rings (SSSR count). The van der Waals surface area contributed by atoms with E-state index in [0.717, 1.165) is 36.7 Å². The first-order valence-corrected chi connectivity index (χ1v) is 7.29. The molecule has 0 saturated carbocycles. The summed E-state index contributed by atoms with van der Waals surface area (Å²) < 4.78 is 11.2. The fourth-order valence-electron chi connectivity index (χ4n) is 1.84. The monoisotopic (exact) mass is 296 g/mol. The zero-order valence-corrected chi connectivity index (χ0v) is 12.8. The van der Waals surface area contributed by atoms with Gasteiger partial charge in [0.15, 0.2) is 16.6 Å². The fourth-order valence-corrected chi connectivity index (χ4v) is 2.06. The molecular formula is C14H22N3O2S+. The molecule has 1 aliphatic heterocycles. The summed E-state index contributed by atoms with van der Waals surface area (Å²) in [5, 5.41) is 6.97. The van der Waals surface area contributed by atoms with Crippen molar-refractivity contribution in [2.75, 3.05) is 45.7 Å². The Morgan fingerprint density at radius 1 is 1.25 bits per heavy atom. The van der Waals surface area contributed by atoms with Gasteiger partial charge < -0.3 is 25.0 Å². The van der Waals surface area contributed by atoms with Crippen LogP contribution < -0.4 is 25.0 Å². The number of ether oxygens (including phenoxy) is 2. The molecule has 1 aromatic rings. The van der Waals surface area contributed by atoms with Gasteiger partial charge in [-0.25, -0.2) is 0 Å². The highest BCUT2D eigenvalue weighted by Crippen LogP contribution is 2.32. The third-order valence-corrected chi connectivity index (χ3v) is 3.16. The fraction of sp³-hybridized carbons (Fsp3) is 0.500. The summed E-state index contributed by atoms with van der Waals surface area (Å²) in [6, 6.07) is 5.78. The summed E-state index contributed by atoms with van der Waals surface area (Å²) in [7, 11) is 4.23. The number of thiocarbonyl (C=S) groups is 1. The van der Waals surface area contributed by atoms with Crippen molar-refractivity contribution < 1.29 is 14.4 Å². The molecule has 6 heteroatoms. The Morgan fingerprint density at radius 2 is 2.00 bits per heavy atom. The number of hydrogen-bond acceptors (Lipinski definition) is 3. The molecule has 0 saturated heterocycles. The van der Waals surface area contributed by atoms with Crippen molar-refractivity contribution >= 4 is 23.0 Å². The van der Waals surface area contributed by atoms with E-state index in [1.807, 2.05) is 18.2 Å². The van der Waals surface area contributed by atoms with Crippen LogP contribution in [0.5, 0.6) is 11.5 Å². The van der Waals surface area contributed by atoms with Gasteiger partial charge in [-0.05, 0) is 24.4 Å². The number of quaternary nitrogens is 1. The maximum Gasteiger partial charge on any atom is 0.170 e. The Bertz CT molecular complexity index is 466. The van der Waals surface area contributed by atoms with Gasteiger partial charge in [-0.3, -0.25) is 0 Å². The maximum absolute atomic E-state index is 5.65. The number of anilines is 1. The average Bonchev–Trinajstić information content (AvgIpc) is 2.62. The molecule has 1 heterocycles. The predicted molar refractivity (Wildman–Crippen MR) is 84.0 cm³/mol. The molecule has 0 spiro atoms. The number of rotatable bonds is 4. The van der Waals surface area contributed by atoms with Crippen molar-refractivity contribution in [3.8, 4) is 11.5 Å². The minimum absolute atomic E-state index is 0.626. The van der Waals surface area contributed by atoms with Crippen LogP contribution >= 0.6 is 12.2 Å². The predicted octanol–water partition coefficient (Wildman–Crippen LogP) is 0.279. The smallest absolute Gasteiger partial charge is 0.170 e. The first-order valence-electron chi connectivity index (χ1n) is 6.88. The van der Waals surface area contributed by atoms with E-state index in [1.165, 1.54) is 4.90 Å². The highest BCUT2D eigenvalue weighted by molar-refractivity contribution is 7.80. The molecule has 0 atom stereocenters. The second-order valence-corrected chi connectivity index (χ2v) is 5.46. The standard InChI is InChI=1S/C14H21N3O2S/c1-17(2)7-6-15-14(20)16-11-4-5-12-13(10-11)19-9-3-8-18-12/h4-5,10H,3,6-9H2,1-2H3,(H2,15,16,20)/p+1. The lowest BCUT2D eigenvalue weighted by Crippen LogP contribution is -3.06. The molecule has 0 bridgehead atoms. The molecule has 1 aliphatic rings. The van der Waals surface area contributed by atoms with Gasteiger partial charge in [0.2, 0.25) is 0 Å². The van der Waals surface area contributed by atoms with Crippen LogP contribution in [0.25, 0.3) is 0 Å². The van der Waals surface area contributed by atoms with Crippen molar-refractivity contribution in [2.24, 2.45) is 0 Å². The van der Waals surface area contributed by atoms with Gasteiger partial charge in [0.25, 0.3) is 0 Å². The molecule has 0 unspecified atom stereocenters. The zero-order chi connectivity index (χ0) is 14.4. The summed E-state index contributed by atoms with van der Waals surface area (Å²) in [6.45, 7) is 3.25. The minimum Gasteiger partial charge on any atom is -0.490 e. The largest absolute Gasteiger partial charge is 0.490 e. The SMILES string of the molecule is C[NH+](C)CCNC(=S)Nc1ccc2c(c1)OCCCO2. The van der Waals surface area contributed by atoms with Crippen molar-refractivity contribution in [3.63, 3.8) is 0 Å². The maximum atomic E-state index is 5.65. The second-order valence-electron chi connectivity index (χ2n) is 5.05. The van der Waals surface area contributed by atoms with Crippen LogP contribution in [-0.2, 0) is 0 Å². The normalized spacial score (nSPS) is 13.8. The Hall–Kier alpha value is -1.53. The van der Waals surface area contributed by atoms with E-state index in [4.69, 9.17) is 21.7 Å². The molecule has 0 amide bonds. The first-order chi connectivity index (χ1) is 9.65. The minimum atomic E-state index is 0.626. The van der Waals surface area contributed by atoms with Gasteiger partial charge in [0.1, 0.15) is 0 Å². The summed E-state index contributed by atoms with van der Waals surface area (Å²) in [5.74, 6) is 1.57. The number of fused-ring (bicyclic) bond motifs is 1. The van der Waals surface area contributed by atoms with Crippen LogP contribution in [0.15, 0.2) is 18.2 Å². The van der Waals surface area contributed by atoms with Crippen LogP contribution in [0.2, 0.25) is 0 Å². The Kier molecular flexibility index (Phi) is 5.43. The molecule has 3 N–H and O–H groups in total. The van der Waals surface area contributed by atoms with E-state index in [1.54, 1.807) is 0 Å².